The number of carbonyl (C=O) groups is 1. The van der Waals surface area contributed by atoms with Crippen LogP contribution in [0.4, 0.5) is 0 Å². The van der Waals surface area contributed by atoms with Gasteiger partial charge in [0.15, 0.2) is 0 Å². The Balaban J connectivity index is 2.21. The fourth-order valence-corrected chi connectivity index (χ4v) is 3.58. The van der Waals surface area contributed by atoms with Crippen molar-refractivity contribution in [3.05, 3.63) is 29.8 Å². The maximum absolute atomic E-state index is 12.5. The molecule has 0 saturated heterocycles. The molecule has 0 radical (unpaired) electrons. The first-order valence-corrected chi connectivity index (χ1v) is 8.63. The largest absolute Gasteiger partial charge is 0.384 e. The Bertz CT molecular complexity index is 643. The minimum Gasteiger partial charge on any atom is -0.384 e. The maximum Gasteiger partial charge on any atom is 0.252 e. The van der Waals surface area contributed by atoms with Crippen molar-refractivity contribution < 1.29 is 17.9 Å². The number of amides is 1. The zero-order valence-corrected chi connectivity index (χ0v) is 13.9. The normalized spacial score (nSPS) is 21.5. The molecule has 1 amide bonds. The lowest BCUT2D eigenvalue weighted by Gasteiger charge is -2.36. The number of nitrogens with zero attached hydrogens (tertiary/aromatic N) is 1. The molecule has 0 spiro atoms. The summed E-state index contributed by atoms with van der Waals surface area (Å²) in [5.41, 5.74) is 0.180. The average molecular weight is 326 g/mol. The van der Waals surface area contributed by atoms with E-state index in [1.165, 1.54) is 26.2 Å². The van der Waals surface area contributed by atoms with E-state index in [2.05, 4.69) is 5.32 Å². The molecule has 1 fully saturated rings. The fraction of sp³-hybridized carbons (Fsp3) is 0.533. The van der Waals surface area contributed by atoms with Crippen molar-refractivity contribution in [2.24, 2.45) is 5.92 Å². The van der Waals surface area contributed by atoms with Crippen LogP contribution in [0.2, 0.25) is 0 Å². The second-order valence-electron chi connectivity index (χ2n) is 5.66. The van der Waals surface area contributed by atoms with E-state index in [0.717, 1.165) is 17.1 Å². The summed E-state index contributed by atoms with van der Waals surface area (Å²) in [4.78, 5) is 12.5. The summed E-state index contributed by atoms with van der Waals surface area (Å²) in [6.07, 6.45) is 1.90. The molecule has 2 atom stereocenters. The summed E-state index contributed by atoms with van der Waals surface area (Å²) in [6.45, 7) is 0.600. The number of methoxy groups -OCH3 is 1. The first-order valence-electron chi connectivity index (χ1n) is 7.19. The quantitative estimate of drug-likeness (QED) is 0.849. The van der Waals surface area contributed by atoms with Gasteiger partial charge in [-0.3, -0.25) is 4.79 Å². The molecule has 7 heteroatoms. The predicted octanol–water partition coefficient (Wildman–Crippen LogP) is 1.09. The predicted molar refractivity (Wildman–Crippen MR) is 83.2 cm³/mol. The molecule has 22 heavy (non-hydrogen) atoms. The van der Waals surface area contributed by atoms with Gasteiger partial charge in [-0.05, 0) is 25.0 Å². The summed E-state index contributed by atoms with van der Waals surface area (Å²) in [7, 11) is 0.880. The van der Waals surface area contributed by atoms with Gasteiger partial charge in [-0.25, -0.2) is 12.7 Å². The van der Waals surface area contributed by atoms with E-state index in [0.29, 0.717) is 12.5 Å². The van der Waals surface area contributed by atoms with E-state index in [1.54, 1.807) is 19.2 Å². The molecule has 1 aromatic rings. The Hall–Kier alpha value is -1.44. The monoisotopic (exact) mass is 326 g/mol. The van der Waals surface area contributed by atoms with Crippen molar-refractivity contribution in [2.75, 3.05) is 27.8 Å². The lowest BCUT2D eigenvalue weighted by molar-refractivity contribution is 0.0668. The second-order valence-corrected chi connectivity index (χ2v) is 7.78. The fourth-order valence-electron chi connectivity index (χ4n) is 2.49. The van der Waals surface area contributed by atoms with E-state index in [1.807, 2.05) is 0 Å². The highest BCUT2D eigenvalue weighted by molar-refractivity contribution is 7.89. The summed E-state index contributed by atoms with van der Waals surface area (Å²) < 4.78 is 30.9. The zero-order valence-electron chi connectivity index (χ0n) is 13.1. The minimum absolute atomic E-state index is 0.0279. The third-order valence-corrected chi connectivity index (χ3v) is 5.88. The lowest BCUT2D eigenvalue weighted by atomic mass is 9.80. The van der Waals surface area contributed by atoms with Gasteiger partial charge in [0.25, 0.3) is 5.91 Å². The third-order valence-electron chi connectivity index (χ3n) is 4.01. The molecule has 1 aromatic carbocycles. The van der Waals surface area contributed by atoms with E-state index in [4.69, 9.17) is 4.74 Å². The van der Waals surface area contributed by atoms with Crippen LogP contribution in [0, 0.1) is 5.92 Å². The van der Waals surface area contributed by atoms with Crippen LogP contribution in [0.1, 0.15) is 23.2 Å². The Labute approximate surface area is 131 Å². The number of rotatable bonds is 6. The number of benzene rings is 1. The summed E-state index contributed by atoms with van der Waals surface area (Å²) in [5, 5.41) is 2.92. The van der Waals surface area contributed by atoms with Gasteiger partial charge in [-0.1, -0.05) is 12.1 Å². The topological polar surface area (TPSA) is 75.7 Å². The molecule has 1 aliphatic carbocycles. The van der Waals surface area contributed by atoms with Crippen LogP contribution in [0.5, 0.6) is 0 Å². The van der Waals surface area contributed by atoms with Crippen molar-refractivity contribution in [3.8, 4) is 0 Å². The van der Waals surface area contributed by atoms with Crippen molar-refractivity contribution in [3.63, 3.8) is 0 Å². The van der Waals surface area contributed by atoms with Gasteiger partial charge in [0, 0.05) is 33.2 Å². The number of nitrogens with one attached hydrogen (secondary N) is 1. The Morgan fingerprint density at radius 2 is 2.00 bits per heavy atom. The van der Waals surface area contributed by atoms with Gasteiger partial charge in [-0.2, -0.15) is 0 Å². The first kappa shape index (κ1) is 16.9. The first-order chi connectivity index (χ1) is 10.4. The summed E-state index contributed by atoms with van der Waals surface area (Å²) >= 11 is 0. The van der Waals surface area contributed by atoms with Gasteiger partial charge in [0.1, 0.15) is 0 Å². The summed E-state index contributed by atoms with van der Waals surface area (Å²) in [6, 6.07) is 6.32. The average Bonchev–Trinajstić information content (AvgIpc) is 2.48. The highest BCUT2D eigenvalue weighted by atomic mass is 32.2. The highest BCUT2D eigenvalue weighted by Crippen LogP contribution is 2.28. The molecular formula is C15H22N2O4S. The molecule has 122 valence electrons. The summed E-state index contributed by atoms with van der Waals surface area (Å²) in [5.74, 6) is -0.0570. The molecule has 0 aliphatic heterocycles. The van der Waals surface area contributed by atoms with Crippen LogP contribution in [0.3, 0.4) is 0 Å². The number of hydrogen-bond acceptors (Lipinski definition) is 4. The molecule has 1 N–H and O–H groups in total. The molecule has 0 unspecified atom stereocenters. The number of ether oxygens (including phenoxy) is 1. The van der Waals surface area contributed by atoms with Crippen LogP contribution in [-0.4, -0.2) is 52.5 Å². The van der Waals surface area contributed by atoms with Crippen molar-refractivity contribution in [2.45, 2.75) is 23.8 Å². The zero-order chi connectivity index (χ0) is 16.3. The SMILES string of the molecule is COC[C@H]1CC[C@H]1NC(=O)c1ccccc1S(=O)(=O)N(C)C. The lowest BCUT2D eigenvalue weighted by Crippen LogP contribution is -2.48. The Morgan fingerprint density at radius 1 is 1.32 bits per heavy atom. The van der Waals surface area contributed by atoms with Crippen molar-refractivity contribution in [1.29, 1.82) is 0 Å². The van der Waals surface area contributed by atoms with Crippen molar-refractivity contribution in [1.82, 2.24) is 9.62 Å². The molecule has 0 bridgehead atoms. The van der Waals surface area contributed by atoms with E-state index in [9.17, 15) is 13.2 Å². The van der Waals surface area contributed by atoms with E-state index in [-0.39, 0.29) is 22.4 Å². The van der Waals surface area contributed by atoms with Crippen LogP contribution in [0.25, 0.3) is 0 Å². The van der Waals surface area contributed by atoms with Gasteiger partial charge in [-0.15, -0.1) is 0 Å². The smallest absolute Gasteiger partial charge is 0.252 e. The second kappa shape index (κ2) is 6.76. The minimum atomic E-state index is -3.65. The van der Waals surface area contributed by atoms with Gasteiger partial charge in [0.2, 0.25) is 10.0 Å². The van der Waals surface area contributed by atoms with Crippen molar-refractivity contribution >= 4 is 15.9 Å². The molecule has 0 aromatic heterocycles. The molecular weight excluding hydrogens is 304 g/mol. The molecule has 2 rings (SSSR count). The maximum atomic E-state index is 12.5. The molecule has 1 saturated carbocycles. The third kappa shape index (κ3) is 3.31. The van der Waals surface area contributed by atoms with Gasteiger partial charge in [0.05, 0.1) is 17.1 Å². The standard InChI is InChI=1S/C15H22N2O4S/c1-17(2)22(19,20)14-7-5-4-6-12(14)15(18)16-13-9-8-11(13)10-21-3/h4-7,11,13H,8-10H2,1-3H3,(H,16,18)/t11-,13-/m1/s1. The Kier molecular flexibility index (Phi) is 5.20. The molecule has 6 nitrogen and oxygen atoms in total. The molecule has 0 heterocycles. The van der Waals surface area contributed by atoms with Crippen LogP contribution >= 0.6 is 0 Å². The van der Waals surface area contributed by atoms with Gasteiger partial charge < -0.3 is 10.1 Å². The van der Waals surface area contributed by atoms with Gasteiger partial charge >= 0.3 is 0 Å². The number of hydrogen-bond donors (Lipinski definition) is 1. The number of carbonyl (C=O) groups excluding carboxylic acids is 1. The Morgan fingerprint density at radius 3 is 2.55 bits per heavy atom. The van der Waals surface area contributed by atoms with E-state index >= 15 is 0 Å². The van der Waals surface area contributed by atoms with Crippen LogP contribution in [-0.2, 0) is 14.8 Å². The van der Waals surface area contributed by atoms with Crippen LogP contribution in [0.15, 0.2) is 29.2 Å². The number of sulfonamides is 1. The van der Waals surface area contributed by atoms with Crippen LogP contribution < -0.4 is 5.32 Å². The molecule has 1 aliphatic rings. The highest BCUT2D eigenvalue weighted by Gasteiger charge is 2.33. The van der Waals surface area contributed by atoms with E-state index < -0.39 is 10.0 Å².